The fraction of sp³-hybridized carbons (Fsp3) is 0.375. The van der Waals surface area contributed by atoms with Crippen LogP contribution >= 0.6 is 11.3 Å². The van der Waals surface area contributed by atoms with Gasteiger partial charge in [0.05, 0.1) is 17.9 Å². The number of aromatic nitrogens is 1. The van der Waals surface area contributed by atoms with Gasteiger partial charge in [0, 0.05) is 4.88 Å². The number of amides is 1. The molecule has 2 heterocycles. The third-order valence-electron chi connectivity index (χ3n) is 2.75. The van der Waals surface area contributed by atoms with Crippen molar-refractivity contribution in [2.75, 3.05) is 10.6 Å². The van der Waals surface area contributed by atoms with Crippen LogP contribution in [0.3, 0.4) is 0 Å². The van der Waals surface area contributed by atoms with Crippen LogP contribution < -0.4 is 10.6 Å². The van der Waals surface area contributed by atoms with Gasteiger partial charge >= 0.3 is 6.09 Å². The molecule has 22 heavy (non-hydrogen) atoms. The molecule has 0 fully saturated rings. The number of carbonyl (C=O) groups excluding carboxylic acids is 1. The summed E-state index contributed by atoms with van der Waals surface area (Å²) >= 11 is 1.71. The highest BCUT2D eigenvalue weighted by atomic mass is 32.1. The van der Waals surface area contributed by atoms with Crippen LogP contribution in [0.2, 0.25) is 0 Å². The number of nitrogens with one attached hydrogen (secondary N) is 2. The summed E-state index contributed by atoms with van der Waals surface area (Å²) in [6.45, 7) is 7.55. The van der Waals surface area contributed by atoms with Crippen molar-refractivity contribution in [2.24, 2.45) is 0 Å². The van der Waals surface area contributed by atoms with E-state index in [1.807, 2.05) is 32.9 Å². The fourth-order valence-corrected chi connectivity index (χ4v) is 2.55. The summed E-state index contributed by atoms with van der Waals surface area (Å²) in [5.41, 5.74) is 0.373. The van der Waals surface area contributed by atoms with Crippen molar-refractivity contribution in [2.45, 2.75) is 39.3 Å². The van der Waals surface area contributed by atoms with Crippen LogP contribution in [0.4, 0.5) is 16.3 Å². The van der Waals surface area contributed by atoms with Crippen molar-refractivity contribution in [3.8, 4) is 0 Å². The van der Waals surface area contributed by atoms with E-state index < -0.39 is 11.7 Å². The molecule has 0 aliphatic carbocycles. The topological polar surface area (TPSA) is 63.2 Å². The lowest BCUT2D eigenvalue weighted by Gasteiger charge is -2.19. The summed E-state index contributed by atoms with van der Waals surface area (Å²) in [6.07, 6.45) is 1.18. The van der Waals surface area contributed by atoms with Crippen LogP contribution in [0.5, 0.6) is 0 Å². The van der Waals surface area contributed by atoms with Crippen LogP contribution in [0, 0.1) is 0 Å². The minimum Gasteiger partial charge on any atom is -0.444 e. The van der Waals surface area contributed by atoms with E-state index in [1.165, 1.54) is 4.88 Å². The lowest BCUT2D eigenvalue weighted by Crippen LogP contribution is -2.27. The standard InChI is InChI=1S/C16H21N3O2S/c1-11(13-6-5-9-22-13)18-12-7-8-14(17-10-12)19-15(20)21-16(2,3)4/h5-11,18H,1-4H3,(H,17,19,20). The smallest absolute Gasteiger partial charge is 0.413 e. The second-order valence-corrected chi connectivity index (χ2v) is 6.92. The zero-order chi connectivity index (χ0) is 16.2. The highest BCUT2D eigenvalue weighted by molar-refractivity contribution is 7.10. The summed E-state index contributed by atoms with van der Waals surface area (Å²) in [4.78, 5) is 17.1. The molecule has 1 unspecified atom stereocenters. The van der Waals surface area contributed by atoms with Gasteiger partial charge in [-0.1, -0.05) is 6.07 Å². The molecule has 5 nitrogen and oxygen atoms in total. The lowest BCUT2D eigenvalue weighted by molar-refractivity contribution is 0.0635. The third kappa shape index (κ3) is 5.04. The maximum Gasteiger partial charge on any atom is 0.413 e. The van der Waals surface area contributed by atoms with Gasteiger partial charge in [-0.15, -0.1) is 11.3 Å². The predicted molar refractivity (Wildman–Crippen MR) is 90.5 cm³/mol. The minimum absolute atomic E-state index is 0.214. The van der Waals surface area contributed by atoms with Crippen LogP contribution in [0.1, 0.15) is 38.6 Å². The van der Waals surface area contributed by atoms with Gasteiger partial charge in [0.25, 0.3) is 0 Å². The summed E-state index contributed by atoms with van der Waals surface area (Å²) in [7, 11) is 0. The van der Waals surface area contributed by atoms with E-state index >= 15 is 0 Å². The van der Waals surface area contributed by atoms with E-state index in [0.717, 1.165) is 5.69 Å². The molecular weight excluding hydrogens is 298 g/mol. The van der Waals surface area contributed by atoms with E-state index in [9.17, 15) is 4.79 Å². The van der Waals surface area contributed by atoms with E-state index in [0.29, 0.717) is 5.82 Å². The molecule has 2 aromatic rings. The minimum atomic E-state index is -0.526. The molecule has 6 heteroatoms. The van der Waals surface area contributed by atoms with Crippen LogP contribution in [0.25, 0.3) is 0 Å². The molecule has 118 valence electrons. The molecule has 2 N–H and O–H groups in total. The number of anilines is 2. The molecule has 0 saturated heterocycles. The van der Waals surface area contributed by atoms with Crippen LogP contribution in [-0.4, -0.2) is 16.7 Å². The van der Waals surface area contributed by atoms with Crippen molar-refractivity contribution in [3.05, 3.63) is 40.7 Å². The normalized spacial score (nSPS) is 12.5. The van der Waals surface area contributed by atoms with E-state index in [-0.39, 0.29) is 6.04 Å². The molecule has 0 aliphatic heterocycles. The Labute approximate surface area is 134 Å². The first-order valence-electron chi connectivity index (χ1n) is 7.09. The highest BCUT2D eigenvalue weighted by Crippen LogP contribution is 2.23. The molecule has 0 aliphatic rings. The van der Waals surface area contributed by atoms with Gasteiger partial charge in [-0.3, -0.25) is 5.32 Å². The Morgan fingerprint density at radius 1 is 1.32 bits per heavy atom. The largest absolute Gasteiger partial charge is 0.444 e. The SMILES string of the molecule is CC(Nc1ccc(NC(=O)OC(C)(C)C)nc1)c1cccs1. The maximum absolute atomic E-state index is 11.7. The Hall–Kier alpha value is -2.08. The van der Waals surface area contributed by atoms with Gasteiger partial charge in [0.2, 0.25) is 0 Å². The second-order valence-electron chi connectivity index (χ2n) is 5.94. The Bertz CT molecular complexity index is 603. The molecule has 0 saturated carbocycles. The number of carbonyl (C=O) groups is 1. The first kappa shape index (κ1) is 16.3. The van der Waals surface area contributed by atoms with Gasteiger partial charge in [-0.2, -0.15) is 0 Å². The number of ether oxygens (including phenoxy) is 1. The predicted octanol–water partition coefficient (Wildman–Crippen LogP) is 4.66. The van der Waals surface area contributed by atoms with Gasteiger partial charge in [0.1, 0.15) is 11.4 Å². The van der Waals surface area contributed by atoms with Gasteiger partial charge < -0.3 is 10.1 Å². The van der Waals surface area contributed by atoms with E-state index in [4.69, 9.17) is 4.74 Å². The summed E-state index contributed by atoms with van der Waals surface area (Å²) in [5.74, 6) is 0.462. The molecular formula is C16H21N3O2S. The number of rotatable bonds is 4. The van der Waals surface area contributed by atoms with Gasteiger partial charge in [-0.05, 0) is 51.3 Å². The maximum atomic E-state index is 11.7. The van der Waals surface area contributed by atoms with Crippen molar-refractivity contribution >= 4 is 28.9 Å². The lowest BCUT2D eigenvalue weighted by atomic mass is 10.2. The van der Waals surface area contributed by atoms with Crippen molar-refractivity contribution in [3.63, 3.8) is 0 Å². The van der Waals surface area contributed by atoms with Crippen LogP contribution in [0.15, 0.2) is 35.8 Å². The average Bonchev–Trinajstić information content (AvgIpc) is 2.92. The fourth-order valence-electron chi connectivity index (χ4n) is 1.82. The molecule has 0 spiro atoms. The zero-order valence-corrected chi connectivity index (χ0v) is 14.0. The van der Waals surface area contributed by atoms with Gasteiger partial charge in [-0.25, -0.2) is 9.78 Å². The second kappa shape index (κ2) is 6.79. The number of hydrogen-bond acceptors (Lipinski definition) is 5. The summed E-state index contributed by atoms with van der Waals surface area (Å²) in [5, 5.41) is 8.03. The Morgan fingerprint density at radius 3 is 2.64 bits per heavy atom. The molecule has 0 aromatic carbocycles. The molecule has 0 radical (unpaired) electrons. The molecule has 0 bridgehead atoms. The van der Waals surface area contributed by atoms with E-state index in [2.05, 4.69) is 34.0 Å². The van der Waals surface area contributed by atoms with E-state index in [1.54, 1.807) is 23.6 Å². The first-order valence-corrected chi connectivity index (χ1v) is 7.97. The Kier molecular flexibility index (Phi) is 5.03. The van der Waals surface area contributed by atoms with Crippen molar-refractivity contribution in [1.82, 2.24) is 4.98 Å². The summed E-state index contributed by atoms with van der Waals surface area (Å²) < 4.78 is 5.18. The molecule has 2 rings (SSSR count). The van der Waals surface area contributed by atoms with Crippen molar-refractivity contribution < 1.29 is 9.53 Å². The molecule has 1 amide bonds. The number of hydrogen-bond donors (Lipinski definition) is 2. The highest BCUT2D eigenvalue weighted by Gasteiger charge is 2.16. The Morgan fingerprint density at radius 2 is 2.09 bits per heavy atom. The average molecular weight is 319 g/mol. The number of thiophene rings is 1. The number of pyridine rings is 1. The summed E-state index contributed by atoms with van der Waals surface area (Å²) in [6, 6.07) is 7.96. The number of nitrogens with zero attached hydrogens (tertiary/aromatic N) is 1. The van der Waals surface area contributed by atoms with Crippen LogP contribution in [-0.2, 0) is 4.74 Å². The first-order chi connectivity index (χ1) is 10.3. The molecule has 1 atom stereocenters. The quantitative estimate of drug-likeness (QED) is 0.860. The third-order valence-corrected chi connectivity index (χ3v) is 3.80. The Balaban J connectivity index is 1.91. The zero-order valence-electron chi connectivity index (χ0n) is 13.2. The van der Waals surface area contributed by atoms with Gasteiger partial charge in [0.15, 0.2) is 0 Å². The monoisotopic (exact) mass is 319 g/mol. The van der Waals surface area contributed by atoms with Crippen molar-refractivity contribution in [1.29, 1.82) is 0 Å². The molecule has 2 aromatic heterocycles.